The summed E-state index contributed by atoms with van der Waals surface area (Å²) >= 11 is 0. The van der Waals surface area contributed by atoms with Gasteiger partial charge >= 0.3 is 0 Å². The summed E-state index contributed by atoms with van der Waals surface area (Å²) in [5, 5.41) is 3.53. The molecule has 7 nitrogen and oxygen atoms in total. The van der Waals surface area contributed by atoms with Crippen molar-refractivity contribution in [2.75, 3.05) is 26.7 Å². The first-order valence-corrected chi connectivity index (χ1v) is 6.24. The second-order valence-electron chi connectivity index (χ2n) is 4.82. The fourth-order valence-electron chi connectivity index (χ4n) is 2.60. The molecule has 0 spiro atoms. The first-order chi connectivity index (χ1) is 9.16. The van der Waals surface area contributed by atoms with Crippen LogP contribution in [0.5, 0.6) is 0 Å². The number of fused-ring (bicyclic) bond motifs is 1. The van der Waals surface area contributed by atoms with Crippen LogP contribution < -0.4 is 0 Å². The topological polar surface area (TPSA) is 75.9 Å². The summed E-state index contributed by atoms with van der Waals surface area (Å²) in [4.78, 5) is 27.3. The lowest BCUT2D eigenvalue weighted by Crippen LogP contribution is -2.43. The third kappa shape index (κ3) is 2.10. The van der Waals surface area contributed by atoms with E-state index in [1.54, 1.807) is 16.8 Å². The molecule has 1 aromatic rings. The Bertz CT molecular complexity index is 487. The number of ether oxygens (including phenoxy) is 1. The SMILES string of the molecule is CN1C(=O)CCO[C@H]2CN(C(=O)c3ccno3)C[C@@H]21. The van der Waals surface area contributed by atoms with E-state index in [1.165, 1.54) is 12.3 Å². The Balaban J connectivity index is 1.76. The zero-order valence-corrected chi connectivity index (χ0v) is 10.6. The highest BCUT2D eigenvalue weighted by Crippen LogP contribution is 2.23. The summed E-state index contributed by atoms with van der Waals surface area (Å²) < 4.78 is 10.5. The molecule has 0 radical (unpaired) electrons. The Morgan fingerprint density at radius 1 is 1.47 bits per heavy atom. The standard InChI is InChI=1S/C12H15N3O4/c1-14-8-6-15(12(17)9-2-4-13-19-9)7-10(8)18-5-3-11(14)16/h2,4,8,10H,3,5-7H2,1H3/t8-,10-/m0/s1. The summed E-state index contributed by atoms with van der Waals surface area (Å²) in [6.07, 6.45) is 1.72. The summed E-state index contributed by atoms with van der Waals surface area (Å²) in [7, 11) is 1.76. The van der Waals surface area contributed by atoms with Gasteiger partial charge < -0.3 is 19.1 Å². The Labute approximate surface area is 110 Å². The van der Waals surface area contributed by atoms with Crippen LogP contribution in [0.4, 0.5) is 0 Å². The predicted molar refractivity (Wildman–Crippen MR) is 63.3 cm³/mol. The van der Waals surface area contributed by atoms with Crippen LogP contribution in [0.2, 0.25) is 0 Å². The molecule has 2 fully saturated rings. The highest BCUT2D eigenvalue weighted by molar-refractivity contribution is 5.91. The van der Waals surface area contributed by atoms with Gasteiger partial charge in [0, 0.05) is 26.2 Å². The van der Waals surface area contributed by atoms with Crippen molar-refractivity contribution in [3.8, 4) is 0 Å². The number of amides is 2. The highest BCUT2D eigenvalue weighted by atomic mass is 16.5. The summed E-state index contributed by atoms with van der Waals surface area (Å²) in [6, 6.07) is 1.45. The van der Waals surface area contributed by atoms with Crippen LogP contribution in [0.1, 0.15) is 17.0 Å². The van der Waals surface area contributed by atoms with Crippen molar-refractivity contribution in [2.24, 2.45) is 0 Å². The van der Waals surface area contributed by atoms with E-state index in [-0.39, 0.29) is 29.7 Å². The Morgan fingerprint density at radius 2 is 2.32 bits per heavy atom. The van der Waals surface area contributed by atoms with Gasteiger partial charge in [0.25, 0.3) is 5.91 Å². The van der Waals surface area contributed by atoms with Crippen molar-refractivity contribution in [1.82, 2.24) is 15.0 Å². The van der Waals surface area contributed by atoms with Gasteiger partial charge in [-0.2, -0.15) is 0 Å². The molecule has 2 aliphatic heterocycles. The van der Waals surface area contributed by atoms with E-state index < -0.39 is 0 Å². The minimum Gasteiger partial charge on any atom is -0.374 e. The monoisotopic (exact) mass is 265 g/mol. The molecule has 102 valence electrons. The van der Waals surface area contributed by atoms with Gasteiger partial charge in [0.05, 0.1) is 31.4 Å². The zero-order valence-electron chi connectivity index (χ0n) is 10.6. The van der Waals surface area contributed by atoms with Gasteiger partial charge in [0.15, 0.2) is 0 Å². The van der Waals surface area contributed by atoms with Crippen LogP contribution in [0.25, 0.3) is 0 Å². The normalized spacial score (nSPS) is 27.3. The number of likely N-dealkylation sites (tertiary alicyclic amines) is 1. The average Bonchev–Trinajstić information content (AvgIpc) is 3.04. The molecule has 0 unspecified atom stereocenters. The fourth-order valence-corrected chi connectivity index (χ4v) is 2.60. The van der Waals surface area contributed by atoms with Gasteiger partial charge in [-0.3, -0.25) is 9.59 Å². The average molecular weight is 265 g/mol. The highest BCUT2D eigenvalue weighted by Gasteiger charge is 2.42. The van der Waals surface area contributed by atoms with Crippen molar-refractivity contribution in [2.45, 2.75) is 18.6 Å². The Kier molecular flexibility index (Phi) is 2.98. The van der Waals surface area contributed by atoms with E-state index in [0.717, 1.165) is 0 Å². The van der Waals surface area contributed by atoms with Crippen molar-refractivity contribution in [3.63, 3.8) is 0 Å². The maximum absolute atomic E-state index is 12.2. The number of carbonyl (C=O) groups excluding carboxylic acids is 2. The molecule has 19 heavy (non-hydrogen) atoms. The van der Waals surface area contributed by atoms with Crippen LogP contribution >= 0.6 is 0 Å². The van der Waals surface area contributed by atoms with Gasteiger partial charge in [0.2, 0.25) is 11.7 Å². The number of nitrogens with zero attached hydrogens (tertiary/aromatic N) is 3. The van der Waals surface area contributed by atoms with E-state index in [4.69, 9.17) is 9.26 Å². The van der Waals surface area contributed by atoms with Crippen molar-refractivity contribution in [1.29, 1.82) is 0 Å². The minimum absolute atomic E-state index is 0.0569. The van der Waals surface area contributed by atoms with Crippen LogP contribution in [0.15, 0.2) is 16.8 Å². The van der Waals surface area contributed by atoms with E-state index in [9.17, 15) is 9.59 Å². The molecule has 0 aliphatic carbocycles. The number of likely N-dealkylation sites (N-methyl/N-ethyl adjacent to an activating group) is 1. The van der Waals surface area contributed by atoms with Gasteiger partial charge in [-0.15, -0.1) is 0 Å². The maximum Gasteiger partial charge on any atom is 0.292 e. The molecule has 1 aromatic heterocycles. The van der Waals surface area contributed by atoms with E-state index >= 15 is 0 Å². The maximum atomic E-state index is 12.2. The number of rotatable bonds is 1. The van der Waals surface area contributed by atoms with E-state index in [2.05, 4.69) is 5.16 Å². The Hall–Kier alpha value is -1.89. The molecule has 3 rings (SSSR count). The number of aromatic nitrogens is 1. The second-order valence-corrected chi connectivity index (χ2v) is 4.82. The molecular formula is C12H15N3O4. The molecular weight excluding hydrogens is 250 g/mol. The minimum atomic E-state index is -0.213. The molecule has 0 bridgehead atoms. The lowest BCUT2D eigenvalue weighted by molar-refractivity contribution is -0.131. The lowest BCUT2D eigenvalue weighted by Gasteiger charge is -2.24. The fraction of sp³-hybridized carbons (Fsp3) is 0.583. The predicted octanol–water partition coefficient (Wildman–Crippen LogP) is -0.254. The number of hydrogen-bond acceptors (Lipinski definition) is 5. The van der Waals surface area contributed by atoms with Crippen molar-refractivity contribution < 1.29 is 18.8 Å². The van der Waals surface area contributed by atoms with E-state index in [0.29, 0.717) is 26.1 Å². The molecule has 2 aliphatic rings. The van der Waals surface area contributed by atoms with Gasteiger partial charge in [-0.05, 0) is 0 Å². The van der Waals surface area contributed by atoms with Crippen molar-refractivity contribution in [3.05, 3.63) is 18.0 Å². The first-order valence-electron chi connectivity index (χ1n) is 6.24. The van der Waals surface area contributed by atoms with Crippen LogP contribution in [-0.2, 0) is 9.53 Å². The number of carbonyl (C=O) groups is 2. The molecule has 2 atom stereocenters. The third-order valence-electron chi connectivity index (χ3n) is 3.71. The molecule has 2 saturated heterocycles. The summed E-state index contributed by atoms with van der Waals surface area (Å²) in [5.74, 6) is 0.0573. The van der Waals surface area contributed by atoms with E-state index in [1.807, 2.05) is 0 Å². The van der Waals surface area contributed by atoms with Gasteiger partial charge in [0.1, 0.15) is 0 Å². The second kappa shape index (κ2) is 4.65. The molecule has 3 heterocycles. The largest absolute Gasteiger partial charge is 0.374 e. The Morgan fingerprint density at radius 3 is 3.05 bits per heavy atom. The number of hydrogen-bond donors (Lipinski definition) is 0. The third-order valence-corrected chi connectivity index (χ3v) is 3.71. The van der Waals surface area contributed by atoms with Crippen molar-refractivity contribution >= 4 is 11.8 Å². The van der Waals surface area contributed by atoms with Crippen LogP contribution in [-0.4, -0.2) is 65.7 Å². The van der Waals surface area contributed by atoms with Crippen LogP contribution in [0.3, 0.4) is 0 Å². The summed E-state index contributed by atoms with van der Waals surface area (Å²) in [6.45, 7) is 1.35. The van der Waals surface area contributed by atoms with Crippen LogP contribution in [0, 0.1) is 0 Å². The molecule has 0 N–H and O–H groups in total. The van der Waals surface area contributed by atoms with Gasteiger partial charge in [-0.25, -0.2) is 0 Å². The molecule has 2 amide bonds. The molecule has 7 heteroatoms. The van der Waals surface area contributed by atoms with Gasteiger partial charge in [-0.1, -0.05) is 5.16 Å². The zero-order chi connectivity index (χ0) is 13.4. The molecule has 0 saturated carbocycles. The lowest BCUT2D eigenvalue weighted by atomic mass is 10.2. The first kappa shape index (κ1) is 12.2. The quantitative estimate of drug-likeness (QED) is 0.699. The molecule has 0 aromatic carbocycles. The summed E-state index contributed by atoms with van der Waals surface area (Å²) in [5.41, 5.74) is 0. The smallest absolute Gasteiger partial charge is 0.292 e.